The second-order valence-electron chi connectivity index (χ2n) is 6.25. The number of rotatable bonds is 3. The quantitative estimate of drug-likeness (QED) is 0.888. The minimum absolute atomic E-state index is 0.0663. The van der Waals surface area contributed by atoms with Crippen LogP contribution in [0.15, 0.2) is 18.2 Å². The molecule has 1 aliphatic heterocycles. The second-order valence-corrected chi connectivity index (χ2v) is 6.25. The van der Waals surface area contributed by atoms with Crippen LogP contribution in [0.5, 0.6) is 5.75 Å². The number of benzene rings is 1. The molecule has 1 N–H and O–H groups in total. The van der Waals surface area contributed by atoms with Gasteiger partial charge in [-0.15, -0.1) is 0 Å². The molecule has 0 bridgehead atoms. The van der Waals surface area contributed by atoms with E-state index in [-0.39, 0.29) is 6.10 Å². The van der Waals surface area contributed by atoms with Crippen molar-refractivity contribution in [2.24, 2.45) is 5.41 Å². The molecule has 3 rings (SSSR count). The number of aliphatic hydroxyl groups is 1. The third kappa shape index (κ3) is 2.39. The average molecular weight is 246 g/mol. The highest BCUT2D eigenvalue weighted by molar-refractivity contribution is 5.39. The van der Waals surface area contributed by atoms with Gasteiger partial charge in [0.25, 0.3) is 0 Å². The smallest absolute Gasteiger partial charge is 0.122 e. The number of hydrogen-bond donors (Lipinski definition) is 1. The summed E-state index contributed by atoms with van der Waals surface area (Å²) in [5.74, 6) is 1.07. The van der Waals surface area contributed by atoms with Gasteiger partial charge in [-0.05, 0) is 54.7 Å². The SMILES string of the molecule is CC1(CCc2ccc3c(c2)CCO3)CCC(O)C1. The first-order valence-corrected chi connectivity index (χ1v) is 7.07. The van der Waals surface area contributed by atoms with E-state index in [9.17, 15) is 5.11 Å². The first-order valence-electron chi connectivity index (χ1n) is 7.07. The van der Waals surface area contributed by atoms with E-state index >= 15 is 0 Å². The molecule has 0 saturated heterocycles. The maximum absolute atomic E-state index is 9.67. The highest BCUT2D eigenvalue weighted by Crippen LogP contribution is 2.41. The summed E-state index contributed by atoms with van der Waals surface area (Å²) in [6.45, 7) is 3.16. The van der Waals surface area contributed by atoms with Crippen molar-refractivity contribution < 1.29 is 9.84 Å². The second kappa shape index (κ2) is 4.58. The minimum atomic E-state index is -0.0663. The lowest BCUT2D eigenvalue weighted by Crippen LogP contribution is -2.14. The summed E-state index contributed by atoms with van der Waals surface area (Å²) in [4.78, 5) is 0. The first-order chi connectivity index (χ1) is 8.65. The van der Waals surface area contributed by atoms with Crippen LogP contribution in [0, 0.1) is 5.41 Å². The lowest BCUT2D eigenvalue weighted by molar-refractivity contribution is 0.161. The van der Waals surface area contributed by atoms with Crippen molar-refractivity contribution in [3.05, 3.63) is 29.3 Å². The predicted octanol–water partition coefficient (Wildman–Crippen LogP) is 3.11. The summed E-state index contributed by atoms with van der Waals surface area (Å²) in [6, 6.07) is 6.61. The van der Waals surface area contributed by atoms with Crippen molar-refractivity contribution in [3.63, 3.8) is 0 Å². The van der Waals surface area contributed by atoms with Gasteiger partial charge in [0.05, 0.1) is 12.7 Å². The number of hydrogen-bond acceptors (Lipinski definition) is 2. The van der Waals surface area contributed by atoms with Crippen molar-refractivity contribution in [2.75, 3.05) is 6.61 Å². The van der Waals surface area contributed by atoms with Gasteiger partial charge in [-0.2, -0.15) is 0 Å². The fraction of sp³-hybridized carbons (Fsp3) is 0.625. The lowest BCUT2D eigenvalue weighted by atomic mass is 9.82. The van der Waals surface area contributed by atoms with Crippen molar-refractivity contribution >= 4 is 0 Å². The van der Waals surface area contributed by atoms with E-state index in [4.69, 9.17) is 4.74 Å². The Hall–Kier alpha value is -1.02. The van der Waals surface area contributed by atoms with Crippen LogP contribution in [-0.4, -0.2) is 17.8 Å². The van der Waals surface area contributed by atoms with Crippen LogP contribution in [-0.2, 0) is 12.8 Å². The molecule has 18 heavy (non-hydrogen) atoms. The summed E-state index contributed by atoms with van der Waals surface area (Å²) in [6.07, 6.45) is 6.42. The molecule has 1 saturated carbocycles. The molecule has 1 heterocycles. The summed E-state index contributed by atoms with van der Waals surface area (Å²) in [5, 5.41) is 9.67. The molecule has 0 aromatic heterocycles. The summed E-state index contributed by atoms with van der Waals surface area (Å²) >= 11 is 0. The summed E-state index contributed by atoms with van der Waals surface area (Å²) in [5.41, 5.74) is 3.13. The van der Waals surface area contributed by atoms with Gasteiger partial charge >= 0.3 is 0 Å². The largest absolute Gasteiger partial charge is 0.493 e. The normalized spacial score (nSPS) is 30.2. The Morgan fingerprint density at radius 2 is 2.33 bits per heavy atom. The molecule has 98 valence electrons. The number of fused-ring (bicyclic) bond motifs is 1. The van der Waals surface area contributed by atoms with E-state index < -0.39 is 0 Å². The minimum Gasteiger partial charge on any atom is -0.493 e. The molecule has 1 aromatic carbocycles. The van der Waals surface area contributed by atoms with Gasteiger partial charge in [-0.3, -0.25) is 0 Å². The number of aryl methyl sites for hydroxylation is 1. The molecule has 1 aliphatic carbocycles. The van der Waals surface area contributed by atoms with E-state index in [0.717, 1.165) is 38.0 Å². The third-order valence-electron chi connectivity index (χ3n) is 4.58. The molecule has 2 heteroatoms. The molecular weight excluding hydrogens is 224 g/mol. The van der Waals surface area contributed by atoms with Gasteiger partial charge < -0.3 is 9.84 Å². The number of aliphatic hydroxyl groups excluding tert-OH is 1. The van der Waals surface area contributed by atoms with E-state index in [2.05, 4.69) is 25.1 Å². The fourth-order valence-electron chi connectivity index (χ4n) is 3.36. The Kier molecular flexibility index (Phi) is 3.06. The zero-order chi connectivity index (χ0) is 12.6. The Bertz CT molecular complexity index is 441. The summed E-state index contributed by atoms with van der Waals surface area (Å²) < 4.78 is 5.53. The highest BCUT2D eigenvalue weighted by atomic mass is 16.5. The molecule has 1 fully saturated rings. The molecule has 2 aliphatic rings. The molecule has 0 spiro atoms. The van der Waals surface area contributed by atoms with Crippen LogP contribution in [0.2, 0.25) is 0 Å². The Labute approximate surface area is 109 Å². The summed E-state index contributed by atoms with van der Waals surface area (Å²) in [7, 11) is 0. The van der Waals surface area contributed by atoms with E-state index in [1.54, 1.807) is 0 Å². The van der Waals surface area contributed by atoms with E-state index in [1.165, 1.54) is 24.0 Å². The van der Waals surface area contributed by atoms with Crippen molar-refractivity contribution in [1.82, 2.24) is 0 Å². The molecule has 2 atom stereocenters. The van der Waals surface area contributed by atoms with Crippen LogP contribution < -0.4 is 4.74 Å². The van der Waals surface area contributed by atoms with Gasteiger partial charge in [-0.25, -0.2) is 0 Å². The topological polar surface area (TPSA) is 29.5 Å². The Morgan fingerprint density at radius 1 is 1.44 bits per heavy atom. The molecule has 2 nitrogen and oxygen atoms in total. The fourth-order valence-corrected chi connectivity index (χ4v) is 3.36. The standard InChI is InChI=1S/C16H22O2/c1-16(8-5-14(17)11-16)7-4-12-2-3-15-13(10-12)6-9-18-15/h2-3,10,14,17H,4-9,11H2,1H3. The zero-order valence-corrected chi connectivity index (χ0v) is 11.1. The molecule has 2 unspecified atom stereocenters. The number of ether oxygens (including phenoxy) is 1. The van der Waals surface area contributed by atoms with Crippen molar-refractivity contribution in [2.45, 2.75) is 51.6 Å². The van der Waals surface area contributed by atoms with Gasteiger partial charge in [0.2, 0.25) is 0 Å². The predicted molar refractivity (Wildman–Crippen MR) is 71.9 cm³/mol. The third-order valence-corrected chi connectivity index (χ3v) is 4.58. The lowest BCUT2D eigenvalue weighted by Gasteiger charge is -2.23. The maximum Gasteiger partial charge on any atom is 0.122 e. The van der Waals surface area contributed by atoms with Crippen LogP contribution in [0.4, 0.5) is 0 Å². The molecular formula is C16H22O2. The highest BCUT2D eigenvalue weighted by Gasteiger charge is 2.33. The Balaban J connectivity index is 1.63. The van der Waals surface area contributed by atoms with Crippen LogP contribution in [0.3, 0.4) is 0 Å². The van der Waals surface area contributed by atoms with Crippen LogP contribution in [0.1, 0.15) is 43.7 Å². The maximum atomic E-state index is 9.67. The van der Waals surface area contributed by atoms with Crippen molar-refractivity contribution in [1.29, 1.82) is 0 Å². The van der Waals surface area contributed by atoms with Crippen LogP contribution >= 0.6 is 0 Å². The Morgan fingerprint density at radius 3 is 3.11 bits per heavy atom. The monoisotopic (exact) mass is 246 g/mol. The van der Waals surface area contributed by atoms with E-state index in [1.807, 2.05) is 0 Å². The van der Waals surface area contributed by atoms with Crippen LogP contribution in [0.25, 0.3) is 0 Å². The average Bonchev–Trinajstić information content (AvgIpc) is 2.93. The van der Waals surface area contributed by atoms with Gasteiger partial charge in [0, 0.05) is 6.42 Å². The van der Waals surface area contributed by atoms with Crippen molar-refractivity contribution in [3.8, 4) is 5.75 Å². The van der Waals surface area contributed by atoms with Gasteiger partial charge in [-0.1, -0.05) is 19.1 Å². The first kappa shape index (κ1) is 12.0. The van der Waals surface area contributed by atoms with E-state index in [0.29, 0.717) is 5.41 Å². The molecule has 1 aromatic rings. The molecule has 0 amide bonds. The van der Waals surface area contributed by atoms with Gasteiger partial charge in [0.1, 0.15) is 5.75 Å². The zero-order valence-electron chi connectivity index (χ0n) is 11.1. The van der Waals surface area contributed by atoms with Gasteiger partial charge in [0.15, 0.2) is 0 Å². The molecule has 0 radical (unpaired) electrons.